The Morgan fingerprint density at radius 2 is 1.79 bits per heavy atom. The van der Waals surface area contributed by atoms with Gasteiger partial charge in [-0.2, -0.15) is 0 Å². The van der Waals surface area contributed by atoms with Gasteiger partial charge in [0.2, 0.25) is 0 Å². The molecule has 0 N–H and O–H groups in total. The van der Waals surface area contributed by atoms with E-state index in [1.807, 2.05) is 0 Å². The van der Waals surface area contributed by atoms with E-state index >= 15 is 0 Å². The lowest BCUT2D eigenvalue weighted by Gasteiger charge is -2.20. The number of halogens is 2. The van der Waals surface area contributed by atoms with Crippen molar-refractivity contribution in [3.8, 4) is 0 Å². The molecule has 0 aliphatic rings. The second-order valence-corrected chi connectivity index (χ2v) is 5.91. The summed E-state index contributed by atoms with van der Waals surface area (Å²) in [4.78, 5) is 2.24. The summed E-state index contributed by atoms with van der Waals surface area (Å²) in [5.74, 6) is 0.572. The minimum Gasteiger partial charge on any atom is -0.370 e. The van der Waals surface area contributed by atoms with E-state index in [1.165, 1.54) is 22.4 Å². The molecule has 0 saturated heterocycles. The van der Waals surface area contributed by atoms with Gasteiger partial charge >= 0.3 is 0 Å². The molecule has 0 unspecified atom stereocenters. The van der Waals surface area contributed by atoms with Crippen LogP contribution in [0.3, 0.4) is 0 Å². The molecule has 0 atom stereocenters. The quantitative estimate of drug-likeness (QED) is 0.698. The van der Waals surface area contributed by atoms with Gasteiger partial charge in [-0.25, -0.2) is 0 Å². The van der Waals surface area contributed by atoms with Gasteiger partial charge in [0, 0.05) is 29.6 Å². The third-order valence-electron chi connectivity index (χ3n) is 3.24. The van der Waals surface area contributed by atoms with Crippen LogP contribution in [0.2, 0.25) is 0 Å². The largest absolute Gasteiger partial charge is 0.370 e. The first kappa shape index (κ1) is 14.4. The standard InChI is InChI=1S/C16H17BrClN/c1-12-9-16(8-5-14(12)10-18)19(2)11-13-3-6-15(17)7-4-13/h3-9H,10-11H2,1-2H3. The zero-order chi connectivity index (χ0) is 13.8. The number of anilines is 1. The highest BCUT2D eigenvalue weighted by atomic mass is 79.9. The SMILES string of the molecule is Cc1cc(N(C)Cc2ccc(Br)cc2)ccc1CCl. The molecule has 0 heterocycles. The van der Waals surface area contributed by atoms with E-state index in [0.717, 1.165) is 11.0 Å². The first-order valence-electron chi connectivity index (χ1n) is 6.21. The summed E-state index contributed by atoms with van der Waals surface area (Å²) < 4.78 is 1.11. The Bertz CT molecular complexity index is 551. The molecule has 0 saturated carbocycles. The van der Waals surface area contributed by atoms with Gasteiger partial charge in [-0.1, -0.05) is 34.1 Å². The number of benzene rings is 2. The summed E-state index contributed by atoms with van der Waals surface area (Å²) in [7, 11) is 2.11. The minimum atomic E-state index is 0.572. The Kier molecular flexibility index (Phi) is 4.89. The molecule has 0 radical (unpaired) electrons. The van der Waals surface area contributed by atoms with E-state index in [-0.39, 0.29) is 0 Å². The smallest absolute Gasteiger partial charge is 0.0476 e. The van der Waals surface area contributed by atoms with E-state index in [4.69, 9.17) is 11.6 Å². The molecule has 0 fully saturated rings. The van der Waals surface area contributed by atoms with Gasteiger partial charge in [-0.05, 0) is 47.9 Å². The van der Waals surface area contributed by atoms with Crippen molar-refractivity contribution in [1.82, 2.24) is 0 Å². The third kappa shape index (κ3) is 3.74. The molecule has 2 aromatic rings. The molecule has 2 aromatic carbocycles. The summed E-state index contributed by atoms with van der Waals surface area (Å²) in [5, 5.41) is 0. The second kappa shape index (κ2) is 6.44. The van der Waals surface area contributed by atoms with Gasteiger partial charge in [0.05, 0.1) is 0 Å². The molecule has 0 spiro atoms. The lowest BCUT2D eigenvalue weighted by atomic mass is 10.1. The topological polar surface area (TPSA) is 3.24 Å². The Morgan fingerprint density at radius 3 is 2.37 bits per heavy atom. The maximum Gasteiger partial charge on any atom is 0.0476 e. The predicted octanol–water partition coefficient (Wildman–Crippen LogP) is 5.13. The number of alkyl halides is 1. The third-order valence-corrected chi connectivity index (χ3v) is 4.06. The van der Waals surface area contributed by atoms with Crippen LogP contribution in [0.4, 0.5) is 5.69 Å². The van der Waals surface area contributed by atoms with Gasteiger partial charge in [-0.3, -0.25) is 0 Å². The fourth-order valence-electron chi connectivity index (χ4n) is 2.02. The Morgan fingerprint density at radius 1 is 1.11 bits per heavy atom. The normalized spacial score (nSPS) is 10.5. The molecule has 0 aromatic heterocycles. The van der Waals surface area contributed by atoms with Crippen LogP contribution in [0.25, 0.3) is 0 Å². The fourth-order valence-corrected chi connectivity index (χ4v) is 2.59. The fraction of sp³-hybridized carbons (Fsp3) is 0.250. The molecule has 0 aliphatic heterocycles. The molecule has 3 heteroatoms. The summed E-state index contributed by atoms with van der Waals surface area (Å²) in [6.07, 6.45) is 0. The van der Waals surface area contributed by atoms with Crippen LogP contribution in [0.15, 0.2) is 46.9 Å². The van der Waals surface area contributed by atoms with Crippen molar-refractivity contribution in [2.24, 2.45) is 0 Å². The second-order valence-electron chi connectivity index (χ2n) is 4.73. The average Bonchev–Trinajstić information content (AvgIpc) is 2.41. The lowest BCUT2D eigenvalue weighted by Crippen LogP contribution is -2.16. The predicted molar refractivity (Wildman–Crippen MR) is 87.0 cm³/mol. The van der Waals surface area contributed by atoms with E-state index in [1.54, 1.807) is 0 Å². The van der Waals surface area contributed by atoms with Gasteiger partial charge < -0.3 is 4.90 Å². The molecule has 0 aliphatic carbocycles. The Balaban J connectivity index is 2.13. The number of rotatable bonds is 4. The van der Waals surface area contributed by atoms with Gasteiger partial charge in [0.25, 0.3) is 0 Å². The molecule has 100 valence electrons. The number of hydrogen-bond donors (Lipinski definition) is 0. The van der Waals surface area contributed by atoms with Crippen molar-refractivity contribution in [2.45, 2.75) is 19.3 Å². The molecular formula is C16H17BrClN. The van der Waals surface area contributed by atoms with Gasteiger partial charge in [0.15, 0.2) is 0 Å². The highest BCUT2D eigenvalue weighted by Crippen LogP contribution is 2.21. The van der Waals surface area contributed by atoms with Gasteiger partial charge in [0.1, 0.15) is 0 Å². The van der Waals surface area contributed by atoms with Crippen LogP contribution in [0.1, 0.15) is 16.7 Å². The van der Waals surface area contributed by atoms with Crippen molar-refractivity contribution in [1.29, 1.82) is 0 Å². The Labute approximate surface area is 128 Å². The monoisotopic (exact) mass is 337 g/mol. The summed E-state index contributed by atoms with van der Waals surface area (Å²) in [6.45, 7) is 3.00. The maximum absolute atomic E-state index is 5.89. The van der Waals surface area contributed by atoms with Crippen molar-refractivity contribution in [2.75, 3.05) is 11.9 Å². The van der Waals surface area contributed by atoms with Crippen LogP contribution in [0, 0.1) is 6.92 Å². The molecule has 1 nitrogen and oxygen atoms in total. The zero-order valence-corrected chi connectivity index (χ0v) is 13.5. The van der Waals surface area contributed by atoms with E-state index in [9.17, 15) is 0 Å². The molecule has 0 amide bonds. The van der Waals surface area contributed by atoms with Gasteiger partial charge in [-0.15, -0.1) is 11.6 Å². The van der Waals surface area contributed by atoms with E-state index in [0.29, 0.717) is 5.88 Å². The highest BCUT2D eigenvalue weighted by Gasteiger charge is 2.04. The highest BCUT2D eigenvalue weighted by molar-refractivity contribution is 9.10. The van der Waals surface area contributed by atoms with Crippen molar-refractivity contribution in [3.63, 3.8) is 0 Å². The van der Waals surface area contributed by atoms with Crippen LogP contribution < -0.4 is 4.90 Å². The molecular weight excluding hydrogens is 322 g/mol. The maximum atomic E-state index is 5.89. The van der Waals surface area contributed by atoms with Crippen molar-refractivity contribution < 1.29 is 0 Å². The zero-order valence-electron chi connectivity index (χ0n) is 11.2. The summed E-state index contributed by atoms with van der Waals surface area (Å²) >= 11 is 9.35. The van der Waals surface area contributed by atoms with Crippen LogP contribution in [-0.4, -0.2) is 7.05 Å². The number of hydrogen-bond acceptors (Lipinski definition) is 1. The first-order chi connectivity index (χ1) is 9.10. The van der Waals surface area contributed by atoms with Crippen LogP contribution >= 0.6 is 27.5 Å². The number of aryl methyl sites for hydroxylation is 1. The van der Waals surface area contributed by atoms with Crippen molar-refractivity contribution in [3.05, 3.63) is 63.6 Å². The number of nitrogens with zero attached hydrogens (tertiary/aromatic N) is 1. The first-order valence-corrected chi connectivity index (χ1v) is 7.54. The minimum absolute atomic E-state index is 0.572. The Hall–Kier alpha value is -0.990. The van der Waals surface area contributed by atoms with E-state index < -0.39 is 0 Å². The van der Waals surface area contributed by atoms with Crippen LogP contribution in [-0.2, 0) is 12.4 Å². The molecule has 0 bridgehead atoms. The molecule has 19 heavy (non-hydrogen) atoms. The van der Waals surface area contributed by atoms with Crippen molar-refractivity contribution >= 4 is 33.2 Å². The lowest BCUT2D eigenvalue weighted by molar-refractivity contribution is 0.921. The summed E-state index contributed by atoms with van der Waals surface area (Å²) in [6, 6.07) is 14.9. The average molecular weight is 339 g/mol. The van der Waals surface area contributed by atoms with E-state index in [2.05, 4.69) is 77.3 Å². The summed E-state index contributed by atoms with van der Waals surface area (Å²) in [5.41, 5.74) is 4.96. The van der Waals surface area contributed by atoms with Crippen LogP contribution in [0.5, 0.6) is 0 Å². The molecule has 2 rings (SSSR count).